The Kier molecular flexibility index (Phi) is 56.3. The third kappa shape index (κ3) is 47.0. The number of nitrogens with two attached hydrogens (primary N) is 10. The second kappa shape index (κ2) is 62.7. The van der Waals surface area contributed by atoms with Gasteiger partial charge in [-0.05, 0) is 164 Å². The van der Waals surface area contributed by atoms with Gasteiger partial charge in [0.2, 0.25) is 100 Å². The van der Waals surface area contributed by atoms with Crippen molar-refractivity contribution in [2.24, 2.45) is 102 Å². The molecule has 1 aliphatic rings. The van der Waals surface area contributed by atoms with Crippen LogP contribution in [0.3, 0.4) is 0 Å². The largest absolute Gasteiger partial charge is 0.480 e. The second-order valence-electron chi connectivity index (χ2n) is 34.5. The van der Waals surface area contributed by atoms with Gasteiger partial charge in [0, 0.05) is 32.6 Å². The van der Waals surface area contributed by atoms with E-state index >= 15 is 4.79 Å². The average Bonchev–Trinajstić information content (AvgIpc) is 1.73. The van der Waals surface area contributed by atoms with Gasteiger partial charge in [0.25, 0.3) is 0 Å². The molecule has 1 aliphatic heterocycles. The summed E-state index contributed by atoms with van der Waals surface area (Å²) < 4.78 is 0. The Hall–Kier alpha value is -11.5. The van der Waals surface area contributed by atoms with E-state index in [9.17, 15) is 96.8 Å². The molecule has 750 valence electrons. The molecule has 0 saturated carbocycles. The van der Waals surface area contributed by atoms with Gasteiger partial charge in [0.1, 0.15) is 84.6 Å². The molecule has 17 atom stereocenters. The van der Waals surface area contributed by atoms with Gasteiger partial charge in [-0.25, -0.2) is 4.79 Å². The van der Waals surface area contributed by atoms with Gasteiger partial charge in [-0.3, -0.25) is 96.5 Å². The van der Waals surface area contributed by atoms with Gasteiger partial charge in [-0.2, -0.15) is 11.8 Å². The van der Waals surface area contributed by atoms with Gasteiger partial charge in [-0.1, -0.05) is 75.7 Å². The molecule has 0 unspecified atom stereocenters. The summed E-state index contributed by atoms with van der Waals surface area (Å²) in [5.74, 6) is -20.0. The zero-order valence-corrected chi connectivity index (χ0v) is 78.9. The number of hydrogen-bond donors (Lipinski definition) is 27. The monoisotopic (exact) mass is 1900 g/mol. The lowest BCUT2D eigenvalue weighted by molar-refractivity contribution is -0.143. The first kappa shape index (κ1) is 118. The first-order valence-corrected chi connectivity index (χ1v) is 46.0. The number of guanidine groups is 3. The van der Waals surface area contributed by atoms with E-state index in [1.165, 1.54) is 11.8 Å². The highest BCUT2D eigenvalue weighted by Crippen LogP contribution is 2.23. The molecule has 1 heterocycles. The van der Waals surface area contributed by atoms with E-state index in [-0.39, 0.29) is 158 Å². The van der Waals surface area contributed by atoms with Gasteiger partial charge in [0.15, 0.2) is 17.9 Å². The second-order valence-corrected chi connectivity index (χ2v) is 35.5. The van der Waals surface area contributed by atoms with Gasteiger partial charge in [-0.15, -0.1) is 0 Å². The highest BCUT2D eigenvalue weighted by Gasteiger charge is 2.43. The number of aliphatic imine (C=N–C) groups is 3. The number of thioether (sulfide) groups is 1. The summed E-state index contributed by atoms with van der Waals surface area (Å²) >= 11 is 1.49. The van der Waals surface area contributed by atoms with Crippen molar-refractivity contribution in [1.82, 2.24) is 79.3 Å². The molecule has 0 spiro atoms. The number of carboxylic acid groups (broad SMARTS) is 1. The predicted molar refractivity (Wildman–Crippen MR) is 492 cm³/mol. The molecule has 0 aromatic heterocycles. The van der Waals surface area contributed by atoms with Gasteiger partial charge >= 0.3 is 5.97 Å². The van der Waals surface area contributed by atoms with Crippen LogP contribution in [-0.4, -0.2) is 299 Å². The van der Waals surface area contributed by atoms with E-state index in [4.69, 9.17) is 57.3 Å². The van der Waals surface area contributed by atoms with Crippen LogP contribution in [-0.2, 0) is 86.3 Å². The summed E-state index contributed by atoms with van der Waals surface area (Å²) in [6, 6.07) is -22.6. The number of hydrogen-bond acceptors (Lipinski definition) is 26. The molecule has 0 aromatic rings. The molecule has 37 N–H and O–H groups in total. The lowest BCUT2D eigenvalue weighted by atomic mass is 9.96. The van der Waals surface area contributed by atoms with Crippen LogP contribution in [0.25, 0.3) is 0 Å². The average molecular weight is 1900 g/mol. The topological polar surface area (TPSA) is 837 Å². The van der Waals surface area contributed by atoms with Crippen LogP contribution < -0.4 is 132 Å². The summed E-state index contributed by atoms with van der Waals surface area (Å²) in [5, 5.41) is 66.8. The molecule has 132 heavy (non-hydrogen) atoms. The van der Waals surface area contributed by atoms with Crippen molar-refractivity contribution in [3.8, 4) is 0 Å². The molecule has 0 aliphatic carbocycles. The van der Waals surface area contributed by atoms with Crippen molar-refractivity contribution in [2.75, 3.05) is 57.9 Å². The van der Waals surface area contributed by atoms with Crippen LogP contribution >= 0.6 is 11.8 Å². The molecule has 0 bridgehead atoms. The van der Waals surface area contributed by atoms with Crippen molar-refractivity contribution in [3.63, 3.8) is 0 Å². The Bertz CT molecular complexity index is 3880. The summed E-state index contributed by atoms with van der Waals surface area (Å²) in [7, 11) is 0. The molecule has 1 saturated heterocycles. The fourth-order valence-electron chi connectivity index (χ4n) is 13.8. The molecule has 17 amide bonds. The molecule has 49 nitrogen and oxygen atoms in total. The van der Waals surface area contributed by atoms with Crippen LogP contribution in [0.5, 0.6) is 0 Å². The number of carboxylic acids is 1. The Morgan fingerprint density at radius 1 is 0.424 bits per heavy atom. The summed E-state index contributed by atoms with van der Waals surface area (Å²) in [6.07, 6.45) is -1.00. The Morgan fingerprint density at radius 2 is 0.803 bits per heavy atom. The fourth-order valence-corrected chi connectivity index (χ4v) is 14.3. The van der Waals surface area contributed by atoms with E-state index in [1.54, 1.807) is 69.2 Å². The third-order valence-electron chi connectivity index (χ3n) is 20.9. The van der Waals surface area contributed by atoms with Crippen molar-refractivity contribution < 1.29 is 102 Å². The molecule has 1 rings (SSSR count). The van der Waals surface area contributed by atoms with Crippen molar-refractivity contribution in [1.29, 1.82) is 0 Å². The number of primary amides is 2. The van der Waals surface area contributed by atoms with Crippen molar-refractivity contribution >= 4 is 136 Å². The first-order valence-electron chi connectivity index (χ1n) is 44.6. The number of amides is 17. The molecular weight excluding hydrogens is 1750 g/mol. The molecule has 50 heteroatoms. The number of carbonyl (C=O) groups excluding carboxylic acids is 17. The number of carbonyl (C=O) groups is 18. The summed E-state index contributed by atoms with van der Waals surface area (Å²) in [5.41, 5.74) is 56.4. The normalized spacial score (nSPS) is 16.0. The third-order valence-corrected chi connectivity index (χ3v) is 21.6. The van der Waals surface area contributed by atoms with E-state index in [0.717, 1.165) is 11.8 Å². The minimum Gasteiger partial charge on any atom is -0.480 e. The molecular formula is C82H150N28O21S. The number of aliphatic carboxylic acids is 1. The molecule has 1 fully saturated rings. The Labute approximate surface area is 774 Å². The highest BCUT2D eigenvalue weighted by atomic mass is 32.2. The number of nitrogens with one attached hydrogen (secondary N) is 14. The maximum atomic E-state index is 15.2. The van der Waals surface area contributed by atoms with Crippen LogP contribution in [0.4, 0.5) is 0 Å². The lowest BCUT2D eigenvalue weighted by Crippen LogP contribution is -2.62. The maximum absolute atomic E-state index is 15.2. The van der Waals surface area contributed by atoms with Gasteiger partial charge in [0.05, 0.1) is 31.7 Å². The number of unbranched alkanes of at least 4 members (excludes halogenated alkanes) is 1. The standard InChI is InChI=1S/C82H150N28O21S/c1-13-45(10)63(108-74(125)58(40-111)107-70(121)53(34-41(2)3)97-62(115)39-96-66(117)48(20-14-15-28-83)98-65(116)47(84)27-33-132-12)76(127)104-54(35-42(4)5)71(122)100-49(21-16-29-93-80(87)88)67(118)102-52(23-18-31-95-82(91)92)78(129)110-32-19-24-59(110)75(126)101-51(25-26-60(85)113)68(119)99-50(22-17-30-94-81(89)90)69(120)109-64(46(11)112)77(128)105-55(36-43(6)7)72(123)103-56(38-61(86)114)73(124)106-57(79(130)131)37-44(8)9/h41-59,63-64,111-112H,13-40,83-84H2,1-12H3,(H2,85,113)(H2,86,114)(H,96,117)(H,97,115)(H,98,116)(H,99,119)(H,100,122)(H,101,126)(H,102,118)(H,103,123)(H,104,127)(H,105,128)(H,106,124)(H,107,121)(H,108,125)(H,109,120)(H,130,131)(H4,87,88,93)(H4,89,90,94)(H4,91,92,95)/t45-,46+,47-,48-,49-,50-,51-,52-,53-,54-,55-,56-,57-,58-,59-,63-,64-/m0/s1. The Morgan fingerprint density at radius 3 is 1.24 bits per heavy atom. The molecule has 0 aromatic carbocycles. The quantitative estimate of drug-likeness (QED) is 0.0153. The number of nitrogens with zero attached hydrogens (tertiary/aromatic N) is 4. The van der Waals surface area contributed by atoms with E-state index in [0.29, 0.717) is 31.6 Å². The van der Waals surface area contributed by atoms with Crippen molar-refractivity contribution in [3.05, 3.63) is 0 Å². The predicted octanol–water partition coefficient (Wildman–Crippen LogP) is -8.40. The number of likely N-dealkylation sites (tertiary alicyclic amines) is 1. The van der Waals surface area contributed by atoms with E-state index in [2.05, 4.69) is 89.4 Å². The van der Waals surface area contributed by atoms with Crippen LogP contribution in [0.15, 0.2) is 15.0 Å². The van der Waals surface area contributed by atoms with E-state index < -0.39 is 241 Å². The smallest absolute Gasteiger partial charge is 0.326 e. The minimum absolute atomic E-state index is 0.00311. The minimum atomic E-state index is -1.92. The first-order chi connectivity index (χ1) is 61.9. The molecule has 0 radical (unpaired) electrons. The fraction of sp³-hybridized carbons (Fsp3) is 0.744. The number of aliphatic hydroxyl groups is 2. The summed E-state index contributed by atoms with van der Waals surface area (Å²) in [6.45, 7) is 16.3. The van der Waals surface area contributed by atoms with Crippen LogP contribution in [0.1, 0.15) is 205 Å². The summed E-state index contributed by atoms with van der Waals surface area (Å²) in [4.78, 5) is 263. The van der Waals surface area contributed by atoms with Crippen LogP contribution in [0.2, 0.25) is 0 Å². The number of rotatable bonds is 66. The van der Waals surface area contributed by atoms with Gasteiger partial charge < -0.3 is 152 Å². The number of aliphatic hydroxyl groups excluding tert-OH is 2. The maximum Gasteiger partial charge on any atom is 0.326 e. The lowest BCUT2D eigenvalue weighted by Gasteiger charge is -2.31. The zero-order valence-electron chi connectivity index (χ0n) is 78.1. The Balaban J connectivity index is 3.83. The SMILES string of the molecule is CC[C@H](C)[C@H](NC(=O)[C@H](CO)NC(=O)[C@H](CC(C)C)NC(=O)CNC(=O)[C@H](CCCCN)NC(=O)[C@@H](N)CCSC)C(=O)N[C@@H](CC(C)C)C(=O)N[C@@H](CCCN=C(N)N)C(=O)N[C@@H](CCCN=C(N)N)C(=O)N1CCC[C@H]1C(=O)N[C@@H](CCC(N)=O)C(=O)N[C@@H](CCCN=C(N)N)C(=O)N[C@H](C(=O)N[C@@H](CC(C)C)C(=O)N[C@@H](CC(N)=O)C(=O)N[C@@H](CC(C)C)C(=O)O)[C@@H](C)O. The van der Waals surface area contributed by atoms with Crippen LogP contribution in [0, 0.1) is 29.6 Å². The zero-order chi connectivity index (χ0) is 100. The van der Waals surface area contributed by atoms with E-state index in [1.807, 2.05) is 6.26 Å². The highest BCUT2D eigenvalue weighted by molar-refractivity contribution is 7.98. The van der Waals surface area contributed by atoms with Crippen molar-refractivity contribution in [2.45, 2.75) is 301 Å².